The summed E-state index contributed by atoms with van der Waals surface area (Å²) >= 11 is 0. The smallest absolute Gasteiger partial charge is 0.356 e. The SMILES string of the molecule is CN(C)CCCN/C=C(\C=N)Nc1cncnc1C(=O)O. The molecule has 1 heterocycles. The van der Waals surface area contributed by atoms with Gasteiger partial charge in [0.1, 0.15) is 6.33 Å². The number of aromatic nitrogens is 2. The molecule has 0 aromatic carbocycles. The van der Waals surface area contributed by atoms with Gasteiger partial charge in [-0.1, -0.05) is 0 Å². The number of nitrogens with zero attached hydrogens (tertiary/aromatic N) is 3. The summed E-state index contributed by atoms with van der Waals surface area (Å²) in [5, 5.41) is 22.3. The highest BCUT2D eigenvalue weighted by atomic mass is 16.4. The van der Waals surface area contributed by atoms with Crippen molar-refractivity contribution in [1.29, 1.82) is 5.41 Å². The number of nitrogens with one attached hydrogen (secondary N) is 3. The summed E-state index contributed by atoms with van der Waals surface area (Å²) < 4.78 is 0. The minimum atomic E-state index is -1.15. The molecule has 0 bridgehead atoms. The Morgan fingerprint density at radius 1 is 1.52 bits per heavy atom. The van der Waals surface area contributed by atoms with Crippen LogP contribution in [0.2, 0.25) is 0 Å². The zero-order valence-corrected chi connectivity index (χ0v) is 12.1. The Morgan fingerprint density at radius 3 is 2.90 bits per heavy atom. The molecule has 8 heteroatoms. The molecule has 0 atom stereocenters. The third kappa shape index (κ3) is 6.00. The van der Waals surface area contributed by atoms with Crippen LogP contribution in [-0.4, -0.2) is 59.3 Å². The molecule has 1 rings (SSSR count). The van der Waals surface area contributed by atoms with Crippen molar-refractivity contribution < 1.29 is 9.90 Å². The number of anilines is 1. The molecule has 114 valence electrons. The molecular weight excluding hydrogens is 272 g/mol. The Hall–Kier alpha value is -2.48. The molecule has 0 fully saturated rings. The van der Waals surface area contributed by atoms with Gasteiger partial charge in [0.25, 0.3) is 0 Å². The van der Waals surface area contributed by atoms with Crippen LogP contribution in [0.15, 0.2) is 24.4 Å². The number of carboxylic acids is 1. The molecule has 0 unspecified atom stereocenters. The number of rotatable bonds is 9. The zero-order valence-electron chi connectivity index (χ0n) is 12.1. The van der Waals surface area contributed by atoms with E-state index in [0.717, 1.165) is 25.7 Å². The van der Waals surface area contributed by atoms with Crippen LogP contribution in [-0.2, 0) is 0 Å². The van der Waals surface area contributed by atoms with E-state index < -0.39 is 5.97 Å². The van der Waals surface area contributed by atoms with Crippen LogP contribution < -0.4 is 10.6 Å². The van der Waals surface area contributed by atoms with E-state index in [0.29, 0.717) is 5.70 Å². The molecule has 0 aliphatic carbocycles. The van der Waals surface area contributed by atoms with E-state index in [1.54, 1.807) is 6.20 Å². The largest absolute Gasteiger partial charge is 0.476 e. The molecular formula is C13H20N6O2. The first-order valence-electron chi connectivity index (χ1n) is 6.43. The third-order valence-corrected chi connectivity index (χ3v) is 2.53. The fourth-order valence-corrected chi connectivity index (χ4v) is 1.54. The Balaban J connectivity index is 2.61. The molecule has 21 heavy (non-hydrogen) atoms. The van der Waals surface area contributed by atoms with E-state index in [9.17, 15) is 4.79 Å². The molecule has 8 nitrogen and oxygen atoms in total. The number of hydrogen-bond acceptors (Lipinski definition) is 7. The van der Waals surface area contributed by atoms with Crippen molar-refractivity contribution in [2.24, 2.45) is 0 Å². The van der Waals surface area contributed by atoms with Gasteiger partial charge in [-0.15, -0.1) is 0 Å². The molecule has 0 amide bonds. The van der Waals surface area contributed by atoms with Gasteiger partial charge in [-0.25, -0.2) is 14.8 Å². The van der Waals surface area contributed by atoms with Crippen molar-refractivity contribution in [2.45, 2.75) is 6.42 Å². The number of carbonyl (C=O) groups is 1. The summed E-state index contributed by atoms with van der Waals surface area (Å²) in [4.78, 5) is 20.6. The van der Waals surface area contributed by atoms with Gasteiger partial charge in [0.15, 0.2) is 5.69 Å². The van der Waals surface area contributed by atoms with Crippen molar-refractivity contribution in [3.05, 3.63) is 30.1 Å². The third-order valence-electron chi connectivity index (χ3n) is 2.53. The Labute approximate surface area is 123 Å². The number of allylic oxidation sites excluding steroid dienone is 1. The lowest BCUT2D eigenvalue weighted by Crippen LogP contribution is -2.19. The van der Waals surface area contributed by atoms with Crippen LogP contribution in [0.5, 0.6) is 0 Å². The van der Waals surface area contributed by atoms with Gasteiger partial charge < -0.3 is 26.0 Å². The highest BCUT2D eigenvalue weighted by Crippen LogP contribution is 2.12. The van der Waals surface area contributed by atoms with Gasteiger partial charge in [0.05, 0.1) is 17.6 Å². The molecule has 1 aromatic heterocycles. The van der Waals surface area contributed by atoms with Crippen LogP contribution in [0.25, 0.3) is 0 Å². The fourth-order valence-electron chi connectivity index (χ4n) is 1.54. The summed E-state index contributed by atoms with van der Waals surface area (Å²) in [6.07, 6.45) is 6.21. The van der Waals surface area contributed by atoms with Crippen LogP contribution in [0.3, 0.4) is 0 Å². The Morgan fingerprint density at radius 2 is 2.29 bits per heavy atom. The van der Waals surface area contributed by atoms with Crippen LogP contribution in [0.4, 0.5) is 5.69 Å². The average Bonchev–Trinajstić information content (AvgIpc) is 2.45. The van der Waals surface area contributed by atoms with E-state index in [2.05, 4.69) is 25.5 Å². The van der Waals surface area contributed by atoms with Gasteiger partial charge >= 0.3 is 5.97 Å². The maximum absolute atomic E-state index is 11.0. The Kier molecular flexibility index (Phi) is 6.82. The van der Waals surface area contributed by atoms with E-state index in [-0.39, 0.29) is 11.4 Å². The van der Waals surface area contributed by atoms with Crippen LogP contribution in [0, 0.1) is 5.41 Å². The van der Waals surface area contributed by atoms with E-state index in [1.165, 1.54) is 12.5 Å². The van der Waals surface area contributed by atoms with Crippen molar-refractivity contribution >= 4 is 17.9 Å². The lowest BCUT2D eigenvalue weighted by Gasteiger charge is -2.10. The summed E-state index contributed by atoms with van der Waals surface area (Å²) in [6, 6.07) is 0. The standard InChI is InChI=1S/C13H20N6O2/c1-19(2)5-3-4-15-7-10(6-14)18-11-8-16-9-17-12(11)13(20)21/h6-9,14-15,18H,3-5H2,1-2H3,(H,20,21)/b10-7+,14-6?. The fraction of sp³-hybridized carbons (Fsp3) is 0.385. The molecule has 0 saturated carbocycles. The molecule has 0 aliphatic heterocycles. The minimum absolute atomic E-state index is 0.134. The quantitative estimate of drug-likeness (QED) is 0.389. The summed E-state index contributed by atoms with van der Waals surface area (Å²) in [5.74, 6) is -1.15. The molecule has 1 aromatic rings. The van der Waals surface area contributed by atoms with E-state index in [1.807, 2.05) is 14.1 Å². The number of hydrogen-bond donors (Lipinski definition) is 4. The van der Waals surface area contributed by atoms with Crippen LogP contribution >= 0.6 is 0 Å². The van der Waals surface area contributed by atoms with Gasteiger partial charge in [-0.3, -0.25) is 0 Å². The van der Waals surface area contributed by atoms with Gasteiger partial charge in [-0.2, -0.15) is 0 Å². The number of carboxylic acid groups (broad SMARTS) is 1. The normalized spacial score (nSPS) is 11.3. The summed E-state index contributed by atoms with van der Waals surface area (Å²) in [7, 11) is 4.01. The molecule has 0 spiro atoms. The van der Waals surface area contributed by atoms with E-state index >= 15 is 0 Å². The molecule has 0 radical (unpaired) electrons. The van der Waals surface area contributed by atoms with Crippen molar-refractivity contribution in [3.63, 3.8) is 0 Å². The highest BCUT2D eigenvalue weighted by Gasteiger charge is 2.11. The highest BCUT2D eigenvalue weighted by molar-refractivity contribution is 5.93. The number of aromatic carboxylic acids is 1. The van der Waals surface area contributed by atoms with Crippen LogP contribution in [0.1, 0.15) is 16.9 Å². The van der Waals surface area contributed by atoms with Crippen molar-refractivity contribution in [1.82, 2.24) is 20.2 Å². The van der Waals surface area contributed by atoms with Gasteiger partial charge in [0.2, 0.25) is 0 Å². The zero-order chi connectivity index (χ0) is 15.7. The van der Waals surface area contributed by atoms with Crippen molar-refractivity contribution in [3.8, 4) is 0 Å². The van der Waals surface area contributed by atoms with E-state index in [4.69, 9.17) is 10.5 Å². The predicted octanol–water partition coefficient (Wildman–Crippen LogP) is 0.619. The van der Waals surface area contributed by atoms with Gasteiger partial charge in [-0.05, 0) is 27.1 Å². The average molecular weight is 292 g/mol. The summed E-state index contributed by atoms with van der Waals surface area (Å²) in [6.45, 7) is 1.72. The maximum Gasteiger partial charge on any atom is 0.356 e. The topological polar surface area (TPSA) is 114 Å². The first-order valence-corrected chi connectivity index (χ1v) is 6.43. The monoisotopic (exact) mass is 292 g/mol. The molecule has 4 N–H and O–H groups in total. The second-order valence-corrected chi connectivity index (χ2v) is 4.57. The predicted molar refractivity (Wildman–Crippen MR) is 80.7 cm³/mol. The Bertz CT molecular complexity index is 515. The second kappa shape index (κ2) is 8.64. The summed E-state index contributed by atoms with van der Waals surface area (Å²) in [5.41, 5.74) is 0.539. The first-order chi connectivity index (χ1) is 10.0. The molecule has 0 aliphatic rings. The van der Waals surface area contributed by atoms with Gasteiger partial charge in [0, 0.05) is 19.0 Å². The lowest BCUT2D eigenvalue weighted by molar-refractivity contribution is 0.0691. The minimum Gasteiger partial charge on any atom is -0.476 e. The second-order valence-electron chi connectivity index (χ2n) is 4.57. The first kappa shape index (κ1) is 16.6. The van der Waals surface area contributed by atoms with Crippen molar-refractivity contribution in [2.75, 3.05) is 32.5 Å². The lowest BCUT2D eigenvalue weighted by atomic mass is 10.3. The molecule has 0 saturated heterocycles. The maximum atomic E-state index is 11.0.